The van der Waals surface area contributed by atoms with Crippen LogP contribution in [-0.2, 0) is 13.1 Å². The molecule has 0 aliphatic carbocycles. The van der Waals surface area contributed by atoms with E-state index in [-0.39, 0.29) is 11.9 Å². The first-order valence-corrected chi connectivity index (χ1v) is 7.34. The number of fused-ring (bicyclic) bond motifs is 1. The van der Waals surface area contributed by atoms with Gasteiger partial charge in [0.15, 0.2) is 5.82 Å². The number of hydrogen-bond acceptors (Lipinski definition) is 4. The third-order valence-corrected chi connectivity index (χ3v) is 3.95. The average Bonchev–Trinajstić information content (AvgIpc) is 2.94. The fourth-order valence-corrected chi connectivity index (χ4v) is 2.89. The lowest BCUT2D eigenvalue weighted by Gasteiger charge is -2.32. The molecule has 0 radical (unpaired) electrons. The topological polar surface area (TPSA) is 46.0 Å². The molecule has 0 saturated heterocycles. The zero-order valence-corrected chi connectivity index (χ0v) is 12.4. The molecule has 2 aromatic rings. The molecule has 1 N–H and O–H groups in total. The number of aromatic nitrogens is 3. The molecule has 1 unspecified atom stereocenters. The maximum atomic E-state index is 14.4. The normalized spacial score (nSPS) is 15.9. The SMILES string of the molecule is CCNC(C)c1cccc(F)c1N1CCn2cnnc2C1. The van der Waals surface area contributed by atoms with Gasteiger partial charge in [-0.15, -0.1) is 10.2 Å². The van der Waals surface area contributed by atoms with Crippen molar-refractivity contribution in [3.05, 3.63) is 41.7 Å². The van der Waals surface area contributed by atoms with Crippen LogP contribution in [0.25, 0.3) is 0 Å². The van der Waals surface area contributed by atoms with Gasteiger partial charge >= 0.3 is 0 Å². The van der Waals surface area contributed by atoms with Crippen LogP contribution < -0.4 is 10.2 Å². The number of halogens is 1. The van der Waals surface area contributed by atoms with E-state index in [0.717, 1.165) is 31.0 Å². The molecule has 21 heavy (non-hydrogen) atoms. The van der Waals surface area contributed by atoms with Crippen LogP contribution >= 0.6 is 0 Å². The average molecular weight is 289 g/mol. The van der Waals surface area contributed by atoms with Crippen LogP contribution in [0.4, 0.5) is 10.1 Å². The summed E-state index contributed by atoms with van der Waals surface area (Å²) in [6.45, 7) is 7.11. The number of hydrogen-bond donors (Lipinski definition) is 1. The molecular formula is C15H20FN5. The van der Waals surface area contributed by atoms with Gasteiger partial charge in [-0.05, 0) is 25.1 Å². The second kappa shape index (κ2) is 5.81. The molecule has 0 amide bonds. The van der Waals surface area contributed by atoms with Crippen molar-refractivity contribution < 1.29 is 4.39 Å². The number of rotatable bonds is 4. The van der Waals surface area contributed by atoms with Crippen molar-refractivity contribution in [2.75, 3.05) is 18.0 Å². The lowest BCUT2D eigenvalue weighted by atomic mass is 10.0. The molecular weight excluding hydrogens is 269 g/mol. The summed E-state index contributed by atoms with van der Waals surface area (Å²) < 4.78 is 16.4. The van der Waals surface area contributed by atoms with Gasteiger partial charge in [-0.3, -0.25) is 0 Å². The Bertz CT molecular complexity index is 624. The zero-order chi connectivity index (χ0) is 14.8. The number of benzene rings is 1. The van der Waals surface area contributed by atoms with Crippen molar-refractivity contribution in [3.63, 3.8) is 0 Å². The summed E-state index contributed by atoms with van der Waals surface area (Å²) in [7, 11) is 0. The van der Waals surface area contributed by atoms with Crippen LogP contribution in [0.2, 0.25) is 0 Å². The summed E-state index contributed by atoms with van der Waals surface area (Å²) in [5.41, 5.74) is 1.67. The van der Waals surface area contributed by atoms with Crippen LogP contribution in [0.5, 0.6) is 0 Å². The van der Waals surface area contributed by atoms with Gasteiger partial charge in [0.2, 0.25) is 0 Å². The number of nitrogens with zero attached hydrogens (tertiary/aromatic N) is 4. The van der Waals surface area contributed by atoms with Crippen LogP contribution in [-0.4, -0.2) is 27.9 Å². The predicted molar refractivity (Wildman–Crippen MR) is 79.6 cm³/mol. The Labute approximate surface area is 123 Å². The van der Waals surface area contributed by atoms with Crippen LogP contribution in [0.1, 0.15) is 31.3 Å². The third-order valence-electron chi connectivity index (χ3n) is 3.95. The van der Waals surface area contributed by atoms with Crippen LogP contribution in [0.15, 0.2) is 24.5 Å². The zero-order valence-electron chi connectivity index (χ0n) is 12.4. The molecule has 1 aliphatic rings. The summed E-state index contributed by atoms with van der Waals surface area (Å²) in [6.07, 6.45) is 1.73. The Morgan fingerprint density at radius 3 is 3.05 bits per heavy atom. The van der Waals surface area contributed by atoms with E-state index in [1.807, 2.05) is 10.6 Å². The van der Waals surface area contributed by atoms with Crippen molar-refractivity contribution in [3.8, 4) is 0 Å². The highest BCUT2D eigenvalue weighted by Crippen LogP contribution is 2.31. The highest BCUT2D eigenvalue weighted by atomic mass is 19.1. The summed E-state index contributed by atoms with van der Waals surface area (Å²) in [5.74, 6) is 0.705. The quantitative estimate of drug-likeness (QED) is 0.936. The summed E-state index contributed by atoms with van der Waals surface area (Å²) >= 11 is 0. The molecule has 3 rings (SSSR count). The maximum Gasteiger partial charge on any atom is 0.152 e. The molecule has 1 aliphatic heterocycles. The predicted octanol–water partition coefficient (Wildman–Crippen LogP) is 2.11. The third kappa shape index (κ3) is 2.63. The smallest absolute Gasteiger partial charge is 0.152 e. The maximum absolute atomic E-state index is 14.4. The van der Waals surface area contributed by atoms with Crippen molar-refractivity contribution in [1.82, 2.24) is 20.1 Å². The highest BCUT2D eigenvalue weighted by molar-refractivity contribution is 5.56. The first-order valence-electron chi connectivity index (χ1n) is 7.34. The molecule has 1 aromatic heterocycles. The van der Waals surface area contributed by atoms with Gasteiger partial charge in [0.25, 0.3) is 0 Å². The fraction of sp³-hybridized carbons (Fsp3) is 0.467. The van der Waals surface area contributed by atoms with Crippen molar-refractivity contribution >= 4 is 5.69 Å². The number of para-hydroxylation sites is 1. The Morgan fingerprint density at radius 1 is 1.38 bits per heavy atom. The Kier molecular flexibility index (Phi) is 3.88. The lowest BCUT2D eigenvalue weighted by Crippen LogP contribution is -2.35. The summed E-state index contributed by atoms with van der Waals surface area (Å²) in [6, 6.07) is 5.40. The first-order chi connectivity index (χ1) is 10.2. The van der Waals surface area contributed by atoms with E-state index in [1.165, 1.54) is 6.07 Å². The molecule has 0 bridgehead atoms. The largest absolute Gasteiger partial charge is 0.360 e. The molecule has 0 spiro atoms. The van der Waals surface area contributed by atoms with Gasteiger partial charge in [-0.2, -0.15) is 0 Å². The van der Waals surface area contributed by atoms with Crippen molar-refractivity contribution in [2.24, 2.45) is 0 Å². The minimum absolute atomic E-state index is 0.112. The molecule has 0 saturated carbocycles. The Morgan fingerprint density at radius 2 is 2.24 bits per heavy atom. The monoisotopic (exact) mass is 289 g/mol. The van der Waals surface area contributed by atoms with Crippen LogP contribution in [0, 0.1) is 5.82 Å². The standard InChI is InChI=1S/C15H20FN5/c1-3-17-11(2)12-5-4-6-13(16)15(12)20-7-8-21-10-18-19-14(21)9-20/h4-6,10-11,17H,3,7-9H2,1-2H3. The first kappa shape index (κ1) is 14.0. The molecule has 1 aromatic carbocycles. The van der Waals surface area contributed by atoms with E-state index >= 15 is 0 Å². The molecule has 6 heteroatoms. The number of anilines is 1. The van der Waals surface area contributed by atoms with Crippen molar-refractivity contribution in [2.45, 2.75) is 33.0 Å². The van der Waals surface area contributed by atoms with E-state index in [9.17, 15) is 4.39 Å². The van der Waals surface area contributed by atoms with Gasteiger partial charge in [-0.25, -0.2) is 4.39 Å². The molecule has 112 valence electrons. The fourth-order valence-electron chi connectivity index (χ4n) is 2.89. The van der Waals surface area contributed by atoms with Gasteiger partial charge in [0, 0.05) is 19.1 Å². The molecule has 0 fully saturated rings. The van der Waals surface area contributed by atoms with Crippen LogP contribution in [0.3, 0.4) is 0 Å². The van der Waals surface area contributed by atoms with Gasteiger partial charge in [0.05, 0.1) is 12.2 Å². The highest BCUT2D eigenvalue weighted by Gasteiger charge is 2.24. The molecule has 5 nitrogen and oxygen atoms in total. The molecule has 1 atom stereocenters. The van der Waals surface area contributed by atoms with E-state index < -0.39 is 0 Å². The van der Waals surface area contributed by atoms with Gasteiger partial charge < -0.3 is 14.8 Å². The Balaban J connectivity index is 1.95. The van der Waals surface area contributed by atoms with Gasteiger partial charge in [-0.1, -0.05) is 19.1 Å². The van der Waals surface area contributed by atoms with E-state index in [1.54, 1.807) is 12.4 Å². The van der Waals surface area contributed by atoms with E-state index in [4.69, 9.17) is 0 Å². The minimum Gasteiger partial charge on any atom is -0.360 e. The van der Waals surface area contributed by atoms with E-state index in [0.29, 0.717) is 12.2 Å². The number of nitrogens with one attached hydrogen (secondary N) is 1. The molecule has 2 heterocycles. The summed E-state index contributed by atoms with van der Waals surface area (Å²) in [5, 5.41) is 11.4. The van der Waals surface area contributed by atoms with E-state index in [2.05, 4.69) is 34.3 Å². The Hall–Kier alpha value is -1.95. The van der Waals surface area contributed by atoms with Gasteiger partial charge in [0.1, 0.15) is 12.1 Å². The summed E-state index contributed by atoms with van der Waals surface area (Å²) in [4.78, 5) is 2.06. The second-order valence-electron chi connectivity index (χ2n) is 5.32. The second-order valence-corrected chi connectivity index (χ2v) is 5.32. The minimum atomic E-state index is -0.176. The lowest BCUT2D eigenvalue weighted by molar-refractivity contribution is 0.532. The van der Waals surface area contributed by atoms with Crippen molar-refractivity contribution in [1.29, 1.82) is 0 Å².